The molecular weight excluding hydrogens is 722 g/mol. The number of hydrogen-bond donors (Lipinski definition) is 1. The predicted molar refractivity (Wildman–Crippen MR) is 165 cm³/mol. The second-order valence-corrected chi connectivity index (χ2v) is 13.8. The number of benzene rings is 3. The Morgan fingerprint density at radius 1 is 0.816 bits per heavy atom. The number of aromatic hydroxyl groups is 1. The summed E-state index contributed by atoms with van der Waals surface area (Å²) in [7, 11) is 1.22. The minimum absolute atomic E-state index is 0.0713. The van der Waals surface area contributed by atoms with Crippen molar-refractivity contribution in [1.29, 1.82) is 0 Å². The van der Waals surface area contributed by atoms with Gasteiger partial charge in [0.2, 0.25) is 17.6 Å². The zero-order chi connectivity index (χ0) is 35.5. The number of para-hydroxylation sites is 1. The Morgan fingerprint density at radius 3 is 2.04 bits per heavy atom. The maximum atomic E-state index is 15.2. The lowest BCUT2D eigenvalue weighted by Gasteiger charge is -2.50. The molecule has 3 aromatic carbocycles. The molecule has 0 radical (unpaired) electrons. The third kappa shape index (κ3) is 4.21. The van der Waals surface area contributed by atoms with Crippen LogP contribution >= 0.6 is 34.8 Å². The van der Waals surface area contributed by atoms with Gasteiger partial charge in [-0.1, -0.05) is 35.4 Å². The van der Waals surface area contributed by atoms with Gasteiger partial charge < -0.3 is 9.84 Å². The molecule has 16 heteroatoms. The average Bonchev–Trinajstić information content (AvgIpc) is 3.42. The number of anilines is 2. The maximum Gasteiger partial charge on any atom is 0.258 e. The molecule has 0 aromatic heterocycles. The highest BCUT2D eigenvalue weighted by Crippen LogP contribution is 2.67. The van der Waals surface area contributed by atoms with Crippen molar-refractivity contribution in [2.75, 3.05) is 16.9 Å². The minimum atomic E-state index is -2.79. The Morgan fingerprint density at radius 2 is 1.43 bits per heavy atom. The lowest BCUT2D eigenvalue weighted by molar-refractivity contribution is -0.125. The fraction of sp³-hybridized carbons (Fsp3) is 0.273. The molecule has 3 aromatic rings. The Labute approximate surface area is 288 Å². The number of fused-ring (bicyclic) bond motifs is 4. The number of allylic oxidation sites excluding steroid dienone is 2. The number of halogens is 8. The highest BCUT2D eigenvalue weighted by molar-refractivity contribution is 6.58. The molecule has 2 saturated heterocycles. The van der Waals surface area contributed by atoms with Crippen molar-refractivity contribution in [3.05, 3.63) is 93.8 Å². The third-order valence-electron chi connectivity index (χ3n) is 9.87. The molecule has 2 aliphatic carbocycles. The molecular formula is C33H20Cl3F5N2O6. The second-order valence-electron chi connectivity index (χ2n) is 12.1. The molecule has 1 saturated carbocycles. The molecule has 49 heavy (non-hydrogen) atoms. The molecule has 3 fully saturated rings. The van der Waals surface area contributed by atoms with E-state index in [2.05, 4.69) is 0 Å². The van der Waals surface area contributed by atoms with Crippen LogP contribution in [0.2, 0.25) is 5.02 Å². The number of methoxy groups -OCH3 is 1. The highest BCUT2D eigenvalue weighted by Gasteiger charge is 2.77. The maximum absolute atomic E-state index is 15.2. The molecule has 4 aliphatic rings. The number of imide groups is 2. The standard InChI is InChI=1S/C33H20Cl3F5N2O6/c1-49-18-4-2-3-16(27(18)44)20-14-9-10-15-19(29(46)42(28(15)45)13-7-5-12(34)6-8-13)17(14)11-32(35)30(47)43(31(48)33(20,32)36)26-24(40)22(38)21(37)23(39)25(26)41/h2-9,15,17,19-20,44H,10-11H2,1H3/t15-,17+,19-,20+,32+,33-/m0/s1. The van der Waals surface area contributed by atoms with Crippen LogP contribution < -0.4 is 14.5 Å². The molecule has 0 unspecified atom stereocenters. The molecule has 1 N–H and O–H groups in total. The number of carbonyl (C=O) groups is 4. The molecule has 2 heterocycles. The largest absolute Gasteiger partial charge is 0.504 e. The van der Waals surface area contributed by atoms with Crippen LogP contribution in [-0.4, -0.2) is 45.6 Å². The van der Waals surface area contributed by atoms with Crippen molar-refractivity contribution in [3.63, 3.8) is 0 Å². The van der Waals surface area contributed by atoms with E-state index in [1.165, 1.54) is 55.7 Å². The van der Waals surface area contributed by atoms with E-state index in [1.54, 1.807) is 0 Å². The van der Waals surface area contributed by atoms with E-state index in [0.717, 1.165) is 4.90 Å². The normalized spacial score (nSPS) is 29.2. The molecule has 0 spiro atoms. The average molecular weight is 742 g/mol. The van der Waals surface area contributed by atoms with Crippen LogP contribution in [-0.2, 0) is 19.2 Å². The van der Waals surface area contributed by atoms with Gasteiger partial charge in [0.1, 0.15) is 5.69 Å². The van der Waals surface area contributed by atoms with Crippen molar-refractivity contribution in [2.24, 2.45) is 17.8 Å². The van der Waals surface area contributed by atoms with E-state index in [-0.39, 0.29) is 33.9 Å². The van der Waals surface area contributed by atoms with Gasteiger partial charge >= 0.3 is 0 Å². The third-order valence-corrected chi connectivity index (χ3v) is 11.5. The van der Waals surface area contributed by atoms with E-state index in [1.807, 2.05) is 0 Å². The van der Waals surface area contributed by atoms with Gasteiger partial charge in [-0.2, -0.15) is 0 Å². The fourth-order valence-corrected chi connectivity index (χ4v) is 8.75. The van der Waals surface area contributed by atoms with E-state index >= 15 is 8.78 Å². The monoisotopic (exact) mass is 740 g/mol. The second kappa shape index (κ2) is 11.2. The van der Waals surface area contributed by atoms with Gasteiger partial charge in [0.15, 0.2) is 44.5 Å². The number of alkyl halides is 2. The first-order valence-electron chi connectivity index (χ1n) is 14.6. The number of carbonyl (C=O) groups excluding carboxylic acids is 4. The van der Waals surface area contributed by atoms with Gasteiger partial charge in [-0.05, 0) is 49.1 Å². The Bertz CT molecular complexity index is 2040. The summed E-state index contributed by atoms with van der Waals surface area (Å²) in [5, 5.41) is 11.6. The predicted octanol–water partition coefficient (Wildman–Crippen LogP) is 6.52. The van der Waals surface area contributed by atoms with Crippen LogP contribution in [0, 0.1) is 46.8 Å². The van der Waals surface area contributed by atoms with Crippen LogP contribution in [0.15, 0.2) is 54.1 Å². The van der Waals surface area contributed by atoms with Gasteiger partial charge in [0.05, 0.1) is 24.6 Å². The van der Waals surface area contributed by atoms with Crippen LogP contribution in [0.4, 0.5) is 33.3 Å². The molecule has 6 atom stereocenters. The van der Waals surface area contributed by atoms with E-state index in [0.29, 0.717) is 5.02 Å². The van der Waals surface area contributed by atoms with Crippen molar-refractivity contribution < 1.29 is 51.0 Å². The zero-order valence-corrected chi connectivity index (χ0v) is 27.0. The number of rotatable bonds is 4. The van der Waals surface area contributed by atoms with Gasteiger partial charge in [0.25, 0.3) is 11.8 Å². The number of hydrogen-bond acceptors (Lipinski definition) is 6. The van der Waals surface area contributed by atoms with E-state index in [4.69, 9.17) is 39.5 Å². The highest BCUT2D eigenvalue weighted by atomic mass is 35.5. The topological polar surface area (TPSA) is 104 Å². The van der Waals surface area contributed by atoms with Gasteiger partial charge in [0, 0.05) is 16.5 Å². The minimum Gasteiger partial charge on any atom is -0.504 e. The molecule has 7 rings (SSSR count). The summed E-state index contributed by atoms with van der Waals surface area (Å²) in [6.07, 6.45) is 0.764. The Kier molecular flexibility index (Phi) is 7.58. The SMILES string of the molecule is COc1cccc([C@H]2C3=CC[C@@H]4C(=O)N(c5ccc(Cl)cc5)C(=O)[C@@H]4[C@@H]3C[C@@]3(Cl)C(=O)N(c4c(F)c(F)c(F)c(F)c4F)C(=O)[C@@]23Cl)c1O. The smallest absolute Gasteiger partial charge is 0.258 e. The van der Waals surface area contributed by atoms with E-state index in [9.17, 15) is 37.5 Å². The van der Waals surface area contributed by atoms with Crippen molar-refractivity contribution in [3.8, 4) is 11.5 Å². The summed E-state index contributed by atoms with van der Waals surface area (Å²) in [4.78, 5) is 51.6. The molecule has 4 amide bonds. The van der Waals surface area contributed by atoms with Gasteiger partial charge in [-0.25, -0.2) is 26.9 Å². The first-order chi connectivity index (χ1) is 23.1. The summed E-state index contributed by atoms with van der Waals surface area (Å²) >= 11 is 20.2. The quantitative estimate of drug-likeness (QED) is 0.0817. The van der Waals surface area contributed by atoms with Crippen molar-refractivity contribution in [1.82, 2.24) is 0 Å². The number of nitrogens with zero attached hydrogens (tertiary/aromatic N) is 2. The molecule has 2 aliphatic heterocycles. The Hall–Kier alpha value is -4.20. The summed E-state index contributed by atoms with van der Waals surface area (Å²) in [5.74, 6) is -22.7. The number of phenols is 1. The summed E-state index contributed by atoms with van der Waals surface area (Å²) < 4.78 is 78.4. The van der Waals surface area contributed by atoms with Gasteiger partial charge in [-0.3, -0.25) is 24.1 Å². The lowest BCUT2D eigenvalue weighted by Crippen LogP contribution is -2.60. The first kappa shape index (κ1) is 33.3. The number of amides is 4. The lowest BCUT2D eigenvalue weighted by atomic mass is 9.56. The van der Waals surface area contributed by atoms with E-state index < -0.39 is 104 Å². The van der Waals surface area contributed by atoms with Crippen LogP contribution in [0.3, 0.4) is 0 Å². The Balaban J connectivity index is 1.45. The molecule has 0 bridgehead atoms. The van der Waals surface area contributed by atoms with Gasteiger partial charge in [-0.15, -0.1) is 23.2 Å². The van der Waals surface area contributed by atoms with Crippen LogP contribution in [0.25, 0.3) is 0 Å². The van der Waals surface area contributed by atoms with Crippen molar-refractivity contribution in [2.45, 2.75) is 28.5 Å². The first-order valence-corrected chi connectivity index (χ1v) is 15.7. The number of phenolic OH excluding ortho intramolecular Hbond substituents is 1. The molecule has 254 valence electrons. The van der Waals surface area contributed by atoms with Crippen LogP contribution in [0.5, 0.6) is 11.5 Å². The van der Waals surface area contributed by atoms with Crippen molar-refractivity contribution >= 4 is 69.8 Å². The number of ether oxygens (including phenoxy) is 1. The zero-order valence-electron chi connectivity index (χ0n) is 24.7. The molecule has 8 nitrogen and oxygen atoms in total. The summed E-state index contributed by atoms with van der Waals surface area (Å²) in [5.41, 5.74) is -1.69. The van der Waals surface area contributed by atoms with Crippen LogP contribution in [0.1, 0.15) is 24.3 Å². The fourth-order valence-electron chi connectivity index (χ4n) is 7.69. The summed E-state index contributed by atoms with van der Waals surface area (Å²) in [6.45, 7) is 0. The summed E-state index contributed by atoms with van der Waals surface area (Å²) in [6, 6.07) is 9.90.